The van der Waals surface area contributed by atoms with Crippen LogP contribution < -0.4 is 18.9 Å². The van der Waals surface area contributed by atoms with Gasteiger partial charge in [0.2, 0.25) is 0 Å². The molecule has 7 rings (SSSR count). The second kappa shape index (κ2) is 8.48. The number of methoxy groups -OCH3 is 1. The van der Waals surface area contributed by atoms with Gasteiger partial charge in [0, 0.05) is 46.7 Å². The molecular weight excluding hydrogens is 464 g/mol. The molecule has 0 saturated heterocycles. The standard InChI is InChI=1S/C32H28O5/c1-18-23(33)16-27-29-22(15-25(35-27)20-11-7-4-8-12-20)30-28(37-31(18)29)17-26(34-2)21-13-14-24(36-32(21)30)19-9-5-3-6-10-19/h3-12,16-17,22,24-25,33H,13-15H2,1-2H3. The highest BCUT2D eigenvalue weighted by Gasteiger charge is 2.43. The van der Waals surface area contributed by atoms with Gasteiger partial charge in [0.05, 0.1) is 7.11 Å². The maximum atomic E-state index is 10.7. The van der Waals surface area contributed by atoms with Gasteiger partial charge in [0.1, 0.15) is 46.7 Å². The maximum absolute atomic E-state index is 10.7. The van der Waals surface area contributed by atoms with Crippen molar-refractivity contribution in [2.24, 2.45) is 0 Å². The average Bonchev–Trinajstić information content (AvgIpc) is 2.95. The van der Waals surface area contributed by atoms with Gasteiger partial charge in [-0.05, 0) is 30.9 Å². The summed E-state index contributed by atoms with van der Waals surface area (Å²) in [6.07, 6.45) is 2.26. The van der Waals surface area contributed by atoms with Gasteiger partial charge in [-0.3, -0.25) is 0 Å². The van der Waals surface area contributed by atoms with Crippen molar-refractivity contribution in [2.75, 3.05) is 7.11 Å². The number of hydrogen-bond acceptors (Lipinski definition) is 5. The number of phenolic OH excluding ortho intramolecular Hbond substituents is 1. The number of aromatic hydroxyl groups is 1. The van der Waals surface area contributed by atoms with Crippen LogP contribution in [0.3, 0.4) is 0 Å². The van der Waals surface area contributed by atoms with Crippen molar-refractivity contribution in [1.29, 1.82) is 0 Å². The SMILES string of the molecule is COc1cc2c(c3c1CCC(c1ccccc1)O3)C1CC(c3ccccc3)Oc3cc(O)c(C)c(c31)O2. The normalized spacial score (nSPS) is 20.9. The molecule has 3 unspecified atom stereocenters. The van der Waals surface area contributed by atoms with Crippen LogP contribution in [0.4, 0.5) is 0 Å². The van der Waals surface area contributed by atoms with E-state index in [0.29, 0.717) is 17.1 Å². The lowest BCUT2D eigenvalue weighted by molar-refractivity contribution is 0.151. The highest BCUT2D eigenvalue weighted by Crippen LogP contribution is 2.61. The van der Waals surface area contributed by atoms with E-state index in [2.05, 4.69) is 36.4 Å². The first kappa shape index (κ1) is 22.1. The van der Waals surface area contributed by atoms with Gasteiger partial charge in [-0.25, -0.2) is 0 Å². The molecule has 4 aromatic carbocycles. The quantitative estimate of drug-likeness (QED) is 0.320. The van der Waals surface area contributed by atoms with Crippen LogP contribution in [-0.2, 0) is 6.42 Å². The number of phenols is 1. The summed E-state index contributed by atoms with van der Waals surface area (Å²) in [5, 5.41) is 10.7. The zero-order chi connectivity index (χ0) is 25.1. The van der Waals surface area contributed by atoms with E-state index in [4.69, 9.17) is 18.9 Å². The van der Waals surface area contributed by atoms with E-state index < -0.39 is 0 Å². The average molecular weight is 493 g/mol. The monoisotopic (exact) mass is 492 g/mol. The van der Waals surface area contributed by atoms with Gasteiger partial charge in [-0.1, -0.05) is 60.7 Å². The van der Waals surface area contributed by atoms with Crippen molar-refractivity contribution in [3.8, 4) is 34.5 Å². The third kappa shape index (κ3) is 3.45. The first-order chi connectivity index (χ1) is 18.1. The predicted molar refractivity (Wildman–Crippen MR) is 140 cm³/mol. The Morgan fingerprint density at radius 1 is 0.811 bits per heavy atom. The van der Waals surface area contributed by atoms with E-state index in [1.54, 1.807) is 13.2 Å². The third-order valence-electron chi connectivity index (χ3n) is 7.95. The zero-order valence-electron chi connectivity index (χ0n) is 20.9. The van der Waals surface area contributed by atoms with Crippen LogP contribution in [0.15, 0.2) is 72.8 Å². The van der Waals surface area contributed by atoms with Crippen molar-refractivity contribution in [3.63, 3.8) is 0 Å². The Morgan fingerprint density at radius 3 is 2.19 bits per heavy atom. The minimum Gasteiger partial charge on any atom is -0.507 e. The van der Waals surface area contributed by atoms with Crippen molar-refractivity contribution >= 4 is 0 Å². The summed E-state index contributed by atoms with van der Waals surface area (Å²) in [6.45, 7) is 1.88. The third-order valence-corrected chi connectivity index (χ3v) is 7.95. The first-order valence-corrected chi connectivity index (χ1v) is 12.8. The van der Waals surface area contributed by atoms with Gasteiger partial charge in [0.25, 0.3) is 0 Å². The molecule has 3 aliphatic heterocycles. The van der Waals surface area contributed by atoms with E-state index in [-0.39, 0.29) is 23.9 Å². The first-order valence-electron chi connectivity index (χ1n) is 12.8. The van der Waals surface area contributed by atoms with Gasteiger partial charge >= 0.3 is 0 Å². The fourth-order valence-corrected chi connectivity index (χ4v) is 6.09. The van der Waals surface area contributed by atoms with Crippen LogP contribution in [0.1, 0.15) is 64.3 Å². The molecule has 0 aromatic heterocycles. The molecule has 37 heavy (non-hydrogen) atoms. The molecule has 3 atom stereocenters. The predicted octanol–water partition coefficient (Wildman–Crippen LogP) is 7.54. The molecule has 3 aliphatic rings. The number of ether oxygens (including phenoxy) is 4. The lowest BCUT2D eigenvalue weighted by Gasteiger charge is -2.40. The van der Waals surface area contributed by atoms with Crippen LogP contribution in [-0.4, -0.2) is 12.2 Å². The van der Waals surface area contributed by atoms with Crippen LogP contribution in [0, 0.1) is 6.92 Å². The van der Waals surface area contributed by atoms with Crippen LogP contribution in [0.25, 0.3) is 0 Å². The number of rotatable bonds is 3. The fraction of sp³-hybridized carbons (Fsp3) is 0.250. The largest absolute Gasteiger partial charge is 0.507 e. The Bertz CT molecular complexity index is 1500. The Morgan fingerprint density at radius 2 is 1.49 bits per heavy atom. The van der Waals surface area contributed by atoms with Crippen molar-refractivity contribution < 1.29 is 24.1 Å². The Hall–Kier alpha value is -4.12. The summed E-state index contributed by atoms with van der Waals surface area (Å²) in [6, 6.07) is 24.4. The molecule has 0 saturated carbocycles. The van der Waals surface area contributed by atoms with E-state index in [1.165, 1.54) is 0 Å². The highest BCUT2D eigenvalue weighted by molar-refractivity contribution is 5.70. The number of benzene rings is 4. The molecule has 0 fully saturated rings. The van der Waals surface area contributed by atoms with Gasteiger partial charge in [-0.15, -0.1) is 0 Å². The number of fused-ring (bicyclic) bond motifs is 4. The molecule has 3 heterocycles. The van der Waals surface area contributed by atoms with Crippen molar-refractivity contribution in [3.05, 3.63) is 106 Å². The highest BCUT2D eigenvalue weighted by atomic mass is 16.5. The van der Waals surface area contributed by atoms with E-state index in [0.717, 1.165) is 64.3 Å². The smallest absolute Gasteiger partial charge is 0.141 e. The summed E-state index contributed by atoms with van der Waals surface area (Å²) >= 11 is 0. The van der Waals surface area contributed by atoms with Crippen LogP contribution in [0.2, 0.25) is 0 Å². The fourth-order valence-electron chi connectivity index (χ4n) is 6.09. The van der Waals surface area contributed by atoms with Gasteiger partial charge in [0.15, 0.2) is 0 Å². The Labute approximate surface area is 216 Å². The molecule has 4 aromatic rings. The Kier molecular flexibility index (Phi) is 5.07. The molecular formula is C32H28O5. The minimum atomic E-state index is -0.161. The van der Waals surface area contributed by atoms with Crippen LogP contribution >= 0.6 is 0 Å². The van der Waals surface area contributed by atoms with E-state index in [9.17, 15) is 5.11 Å². The second-order valence-electron chi connectivity index (χ2n) is 10.0. The maximum Gasteiger partial charge on any atom is 0.141 e. The molecule has 0 spiro atoms. The molecule has 0 aliphatic carbocycles. The second-order valence-corrected chi connectivity index (χ2v) is 10.0. The molecule has 5 heteroatoms. The van der Waals surface area contributed by atoms with Crippen molar-refractivity contribution in [2.45, 2.75) is 44.3 Å². The zero-order valence-corrected chi connectivity index (χ0v) is 20.9. The van der Waals surface area contributed by atoms with Gasteiger partial charge < -0.3 is 24.1 Å². The molecule has 186 valence electrons. The lowest BCUT2D eigenvalue weighted by Crippen LogP contribution is -2.26. The molecule has 0 amide bonds. The molecule has 0 radical (unpaired) electrons. The molecule has 0 bridgehead atoms. The van der Waals surface area contributed by atoms with Crippen molar-refractivity contribution in [1.82, 2.24) is 0 Å². The summed E-state index contributed by atoms with van der Waals surface area (Å²) in [4.78, 5) is 0. The van der Waals surface area contributed by atoms with Crippen LogP contribution in [0.5, 0.6) is 34.5 Å². The van der Waals surface area contributed by atoms with E-state index >= 15 is 0 Å². The summed E-state index contributed by atoms with van der Waals surface area (Å²) in [7, 11) is 1.69. The Balaban J connectivity index is 1.42. The molecule has 5 nitrogen and oxygen atoms in total. The van der Waals surface area contributed by atoms with Gasteiger partial charge in [-0.2, -0.15) is 0 Å². The molecule has 1 N–H and O–H groups in total. The summed E-state index contributed by atoms with van der Waals surface area (Å²) in [5.41, 5.74) is 6.08. The minimum absolute atomic E-state index is 0.0128. The van der Waals surface area contributed by atoms with E-state index in [1.807, 2.05) is 37.3 Å². The summed E-state index contributed by atoms with van der Waals surface area (Å²) < 4.78 is 25.7. The topological polar surface area (TPSA) is 57.2 Å². The summed E-state index contributed by atoms with van der Waals surface area (Å²) in [5.74, 6) is 3.82. The number of hydrogen-bond donors (Lipinski definition) is 1. The lowest BCUT2D eigenvalue weighted by atomic mass is 9.77.